The van der Waals surface area contributed by atoms with Gasteiger partial charge in [-0.25, -0.2) is 8.42 Å². The summed E-state index contributed by atoms with van der Waals surface area (Å²) in [7, 11) is -1.05. The summed E-state index contributed by atoms with van der Waals surface area (Å²) < 4.78 is 24.7. The summed E-state index contributed by atoms with van der Waals surface area (Å²) in [6.07, 6.45) is 4.21. The van der Waals surface area contributed by atoms with E-state index in [4.69, 9.17) is 11.6 Å². The topological polar surface area (TPSA) is 55.2 Å². The maximum atomic E-state index is 11.5. The smallest absolute Gasteiger partial charge is 0.147 e. The molecule has 5 nitrogen and oxygen atoms in total. The van der Waals surface area contributed by atoms with Gasteiger partial charge in [0.2, 0.25) is 0 Å². The molecule has 7 heteroatoms. The minimum Gasteiger partial charge on any atom is -0.299 e. The standard InChI is InChI=1S/C14H24ClN3O2S/c1-4-13-12(14(15)17(2)16-13)9-18-7-5-6-11(8-18)10-21(3,19)20/h11H,4-10H2,1-3H3/t11-/m0/s1. The van der Waals surface area contributed by atoms with Gasteiger partial charge in [-0.1, -0.05) is 18.5 Å². The molecule has 1 atom stereocenters. The van der Waals surface area contributed by atoms with Gasteiger partial charge in [0.15, 0.2) is 0 Å². The monoisotopic (exact) mass is 333 g/mol. The van der Waals surface area contributed by atoms with Crippen molar-refractivity contribution in [1.29, 1.82) is 0 Å². The second kappa shape index (κ2) is 6.67. The summed E-state index contributed by atoms with van der Waals surface area (Å²) in [4.78, 5) is 2.31. The Bertz CT molecular complexity index is 598. The number of likely N-dealkylation sites (tertiary alicyclic amines) is 1. The number of sulfone groups is 1. The van der Waals surface area contributed by atoms with Gasteiger partial charge in [-0.2, -0.15) is 5.10 Å². The fourth-order valence-electron chi connectivity index (χ4n) is 3.12. The molecule has 21 heavy (non-hydrogen) atoms. The van der Waals surface area contributed by atoms with E-state index in [2.05, 4.69) is 16.9 Å². The van der Waals surface area contributed by atoms with Gasteiger partial charge in [-0.15, -0.1) is 0 Å². The maximum Gasteiger partial charge on any atom is 0.147 e. The first-order chi connectivity index (χ1) is 9.80. The molecule has 2 rings (SSSR count). The van der Waals surface area contributed by atoms with Crippen molar-refractivity contribution in [3.05, 3.63) is 16.4 Å². The third-order valence-electron chi connectivity index (χ3n) is 4.01. The molecular formula is C14H24ClN3O2S. The van der Waals surface area contributed by atoms with Crippen molar-refractivity contribution in [2.45, 2.75) is 32.7 Å². The lowest BCUT2D eigenvalue weighted by Crippen LogP contribution is -2.37. The predicted octanol–water partition coefficient (Wildman–Crippen LogP) is 1.89. The van der Waals surface area contributed by atoms with Gasteiger partial charge in [0.25, 0.3) is 0 Å². The van der Waals surface area contributed by atoms with Gasteiger partial charge in [0.1, 0.15) is 15.0 Å². The molecule has 0 saturated carbocycles. The van der Waals surface area contributed by atoms with Crippen molar-refractivity contribution < 1.29 is 8.42 Å². The second-order valence-electron chi connectivity index (χ2n) is 6.03. The van der Waals surface area contributed by atoms with E-state index in [1.165, 1.54) is 6.26 Å². The quantitative estimate of drug-likeness (QED) is 0.825. The number of hydrogen-bond acceptors (Lipinski definition) is 4. The summed E-state index contributed by atoms with van der Waals surface area (Å²) in [5, 5.41) is 5.13. The zero-order chi connectivity index (χ0) is 15.6. The molecule has 120 valence electrons. The van der Waals surface area contributed by atoms with Gasteiger partial charge >= 0.3 is 0 Å². The molecule has 1 fully saturated rings. The largest absolute Gasteiger partial charge is 0.299 e. The molecule has 1 aromatic heterocycles. The van der Waals surface area contributed by atoms with Crippen LogP contribution in [0.15, 0.2) is 0 Å². The maximum absolute atomic E-state index is 11.5. The van der Waals surface area contributed by atoms with Gasteiger partial charge in [-0.05, 0) is 31.7 Å². The van der Waals surface area contributed by atoms with Crippen LogP contribution in [0.25, 0.3) is 0 Å². The van der Waals surface area contributed by atoms with E-state index in [1.807, 2.05) is 7.05 Å². The predicted molar refractivity (Wildman–Crippen MR) is 85.3 cm³/mol. The van der Waals surface area contributed by atoms with E-state index >= 15 is 0 Å². The molecule has 0 unspecified atom stereocenters. The van der Waals surface area contributed by atoms with Crippen LogP contribution in [-0.4, -0.2) is 48.2 Å². The summed E-state index contributed by atoms with van der Waals surface area (Å²) in [6, 6.07) is 0. The molecule has 1 aliphatic heterocycles. The van der Waals surface area contributed by atoms with Crippen molar-refractivity contribution in [3.8, 4) is 0 Å². The van der Waals surface area contributed by atoms with Crippen LogP contribution in [0.5, 0.6) is 0 Å². The van der Waals surface area contributed by atoms with Gasteiger partial charge in [0, 0.05) is 32.0 Å². The first-order valence-corrected chi connectivity index (χ1v) is 9.84. The number of rotatable bonds is 5. The SMILES string of the molecule is CCc1nn(C)c(Cl)c1CN1CCC[C@H](CS(C)(=O)=O)C1. The summed E-state index contributed by atoms with van der Waals surface area (Å²) in [5.41, 5.74) is 2.12. The highest BCUT2D eigenvalue weighted by Crippen LogP contribution is 2.25. The molecular weight excluding hydrogens is 310 g/mol. The van der Waals surface area contributed by atoms with Crippen LogP contribution in [0.1, 0.15) is 31.0 Å². The normalized spacial score (nSPS) is 20.9. The Kier molecular flexibility index (Phi) is 5.33. The molecule has 0 amide bonds. The minimum absolute atomic E-state index is 0.231. The number of aryl methyl sites for hydroxylation is 2. The highest BCUT2D eigenvalue weighted by atomic mass is 35.5. The molecule has 1 aromatic rings. The molecule has 0 aliphatic carbocycles. The van der Waals surface area contributed by atoms with Crippen molar-refractivity contribution in [3.63, 3.8) is 0 Å². The van der Waals surface area contributed by atoms with Crippen molar-refractivity contribution >= 4 is 21.4 Å². The van der Waals surface area contributed by atoms with Crippen LogP contribution in [0.3, 0.4) is 0 Å². The average molecular weight is 334 g/mol. The van der Waals surface area contributed by atoms with Gasteiger partial charge < -0.3 is 0 Å². The molecule has 0 bridgehead atoms. The Morgan fingerprint density at radius 1 is 1.43 bits per heavy atom. The summed E-state index contributed by atoms with van der Waals surface area (Å²) >= 11 is 6.33. The average Bonchev–Trinajstić information content (AvgIpc) is 2.65. The van der Waals surface area contributed by atoms with Crippen LogP contribution >= 0.6 is 11.6 Å². The van der Waals surface area contributed by atoms with Crippen LogP contribution in [0.4, 0.5) is 0 Å². The van der Waals surface area contributed by atoms with Crippen LogP contribution in [0.2, 0.25) is 5.15 Å². The van der Waals surface area contributed by atoms with E-state index < -0.39 is 9.84 Å². The minimum atomic E-state index is -2.91. The number of nitrogens with zero attached hydrogens (tertiary/aromatic N) is 3. The number of hydrogen-bond donors (Lipinski definition) is 0. The molecule has 0 spiro atoms. The Labute approximate surface area is 132 Å². The lowest BCUT2D eigenvalue weighted by Gasteiger charge is -2.32. The zero-order valence-corrected chi connectivity index (χ0v) is 14.5. The lowest BCUT2D eigenvalue weighted by molar-refractivity contribution is 0.177. The highest BCUT2D eigenvalue weighted by molar-refractivity contribution is 7.90. The van der Waals surface area contributed by atoms with Crippen LogP contribution in [-0.2, 0) is 29.9 Å². The van der Waals surface area contributed by atoms with E-state index in [9.17, 15) is 8.42 Å². The van der Waals surface area contributed by atoms with Crippen molar-refractivity contribution in [1.82, 2.24) is 14.7 Å². The number of aromatic nitrogens is 2. The summed E-state index contributed by atoms with van der Waals surface area (Å²) in [5.74, 6) is 0.513. The Morgan fingerprint density at radius 3 is 2.76 bits per heavy atom. The molecule has 0 aromatic carbocycles. The van der Waals surface area contributed by atoms with E-state index in [0.29, 0.717) is 5.15 Å². The van der Waals surface area contributed by atoms with Crippen LogP contribution in [0, 0.1) is 5.92 Å². The highest BCUT2D eigenvalue weighted by Gasteiger charge is 2.25. The number of piperidine rings is 1. The molecule has 1 saturated heterocycles. The molecule has 0 radical (unpaired) electrons. The summed E-state index contributed by atoms with van der Waals surface area (Å²) in [6.45, 7) is 4.65. The zero-order valence-electron chi connectivity index (χ0n) is 13.0. The Balaban J connectivity index is 2.06. The van der Waals surface area contributed by atoms with Crippen molar-refractivity contribution in [2.75, 3.05) is 25.1 Å². The van der Waals surface area contributed by atoms with E-state index in [0.717, 1.165) is 50.2 Å². The first-order valence-electron chi connectivity index (χ1n) is 7.40. The third-order valence-corrected chi connectivity index (χ3v) is 5.56. The molecule has 1 aliphatic rings. The molecule has 2 heterocycles. The molecule has 0 N–H and O–H groups in total. The second-order valence-corrected chi connectivity index (χ2v) is 8.57. The van der Waals surface area contributed by atoms with Crippen LogP contribution < -0.4 is 0 Å². The van der Waals surface area contributed by atoms with Crippen molar-refractivity contribution in [2.24, 2.45) is 13.0 Å². The third kappa shape index (κ3) is 4.44. The number of halogens is 1. The fraction of sp³-hybridized carbons (Fsp3) is 0.786. The van der Waals surface area contributed by atoms with E-state index in [-0.39, 0.29) is 11.7 Å². The Morgan fingerprint density at radius 2 is 2.14 bits per heavy atom. The van der Waals surface area contributed by atoms with E-state index in [1.54, 1.807) is 4.68 Å². The van der Waals surface area contributed by atoms with Gasteiger partial charge in [0.05, 0.1) is 11.4 Å². The fourth-order valence-corrected chi connectivity index (χ4v) is 4.46. The lowest BCUT2D eigenvalue weighted by atomic mass is 9.99. The Hall–Kier alpha value is -0.590. The first kappa shape index (κ1) is 16.8. The van der Waals surface area contributed by atoms with Gasteiger partial charge in [-0.3, -0.25) is 9.58 Å².